The molecule has 1 atom stereocenters. The summed E-state index contributed by atoms with van der Waals surface area (Å²) < 4.78 is 0. The lowest BCUT2D eigenvalue weighted by Gasteiger charge is -2.19. The van der Waals surface area contributed by atoms with Crippen LogP contribution in [0, 0.1) is 12.8 Å². The van der Waals surface area contributed by atoms with Crippen molar-refractivity contribution >= 4 is 22.5 Å². The van der Waals surface area contributed by atoms with Gasteiger partial charge in [-0.2, -0.15) is 0 Å². The van der Waals surface area contributed by atoms with Gasteiger partial charge in [0.2, 0.25) is 5.91 Å². The SMILES string of the molecule is C=C1CCC(C)C(=O)N1.CC.CC.Cc1ccc2c3c(cccc13)C(=O)C2. The van der Waals surface area contributed by atoms with Crippen LogP contribution in [-0.4, -0.2) is 11.7 Å². The van der Waals surface area contributed by atoms with Gasteiger partial charge in [0, 0.05) is 23.6 Å². The summed E-state index contributed by atoms with van der Waals surface area (Å²) in [5.41, 5.74) is 4.20. The Bertz CT molecular complexity index is 820. The minimum atomic E-state index is 0.117. The molecule has 1 N–H and O–H groups in total. The topological polar surface area (TPSA) is 46.2 Å². The highest BCUT2D eigenvalue weighted by molar-refractivity contribution is 6.16. The zero-order valence-electron chi connectivity index (χ0n) is 17.6. The molecule has 1 aliphatic heterocycles. The van der Waals surface area contributed by atoms with Gasteiger partial charge in [-0.1, -0.05) is 71.5 Å². The molecule has 0 spiro atoms. The molecule has 3 nitrogen and oxygen atoms in total. The number of hydrogen-bond acceptors (Lipinski definition) is 2. The summed E-state index contributed by atoms with van der Waals surface area (Å²) in [5, 5.41) is 5.10. The van der Waals surface area contributed by atoms with Gasteiger partial charge in [-0.05, 0) is 41.7 Å². The molecular weight excluding hydrogens is 334 g/mol. The largest absolute Gasteiger partial charge is 0.330 e. The first kappa shape index (κ1) is 22.6. The van der Waals surface area contributed by atoms with Crippen molar-refractivity contribution < 1.29 is 9.59 Å². The number of carbonyl (C=O) groups excluding carboxylic acids is 2. The van der Waals surface area contributed by atoms with Gasteiger partial charge in [0.25, 0.3) is 0 Å². The smallest absolute Gasteiger partial charge is 0.226 e. The van der Waals surface area contributed by atoms with E-state index in [1.165, 1.54) is 21.9 Å². The fourth-order valence-corrected chi connectivity index (χ4v) is 3.16. The Balaban J connectivity index is 0.000000244. The summed E-state index contributed by atoms with van der Waals surface area (Å²) >= 11 is 0. The predicted octanol–water partition coefficient (Wildman–Crippen LogP) is 5.99. The van der Waals surface area contributed by atoms with Crippen molar-refractivity contribution in [3.63, 3.8) is 0 Å². The summed E-state index contributed by atoms with van der Waals surface area (Å²) in [6, 6.07) is 10.2. The number of Topliss-reactive ketones (excluding diaryl/α,β-unsaturated/α-hetero) is 1. The Morgan fingerprint density at radius 3 is 2.30 bits per heavy atom. The van der Waals surface area contributed by atoms with Gasteiger partial charge in [-0.25, -0.2) is 0 Å². The molecular formula is C24H33NO2. The molecule has 2 aromatic carbocycles. The summed E-state index contributed by atoms with van der Waals surface area (Å²) in [5.74, 6) is 0.554. The van der Waals surface area contributed by atoms with Crippen LogP contribution >= 0.6 is 0 Å². The van der Waals surface area contributed by atoms with Crippen LogP contribution in [0.5, 0.6) is 0 Å². The van der Waals surface area contributed by atoms with E-state index in [4.69, 9.17) is 0 Å². The molecule has 0 aromatic heterocycles. The van der Waals surface area contributed by atoms with Gasteiger partial charge in [-0.3, -0.25) is 9.59 Å². The Hall–Kier alpha value is -2.42. The van der Waals surface area contributed by atoms with Crippen LogP contribution in [0.1, 0.15) is 68.9 Å². The Morgan fingerprint density at radius 1 is 1.04 bits per heavy atom. The molecule has 0 bridgehead atoms. The third kappa shape index (κ3) is 5.29. The number of amides is 1. The van der Waals surface area contributed by atoms with Crippen LogP contribution in [0.3, 0.4) is 0 Å². The third-order valence-electron chi connectivity index (χ3n) is 4.62. The van der Waals surface area contributed by atoms with Crippen molar-refractivity contribution in [2.45, 2.75) is 60.8 Å². The van der Waals surface area contributed by atoms with Gasteiger partial charge in [0.15, 0.2) is 5.78 Å². The maximum atomic E-state index is 11.7. The molecule has 4 rings (SSSR count). The van der Waals surface area contributed by atoms with E-state index in [-0.39, 0.29) is 17.6 Å². The van der Waals surface area contributed by atoms with Crippen molar-refractivity contribution in [3.8, 4) is 0 Å². The Morgan fingerprint density at radius 2 is 1.70 bits per heavy atom. The number of nitrogens with one attached hydrogen (secondary N) is 1. The molecule has 1 heterocycles. The fraction of sp³-hybridized carbons (Fsp3) is 0.417. The highest BCUT2D eigenvalue weighted by atomic mass is 16.2. The lowest BCUT2D eigenvalue weighted by atomic mass is 9.99. The van der Waals surface area contributed by atoms with Crippen LogP contribution in [0.4, 0.5) is 0 Å². The normalized spacial score (nSPS) is 17.0. The number of hydrogen-bond donors (Lipinski definition) is 1. The number of carbonyl (C=O) groups is 2. The standard InChI is InChI=1S/C13H10O.C7H11NO.2C2H6/c1-8-5-6-9-7-12(14)11-4-2-3-10(8)13(9)11;1-5-3-4-6(2)8-7(5)9;2*1-2/h2-6H,7H2,1H3;5H,2-4H2,1H3,(H,8,9);2*1-2H3. The molecule has 2 aromatic rings. The van der Waals surface area contributed by atoms with E-state index in [9.17, 15) is 9.59 Å². The van der Waals surface area contributed by atoms with Crippen LogP contribution in [0.2, 0.25) is 0 Å². The maximum absolute atomic E-state index is 11.7. The highest BCUT2D eigenvalue weighted by Crippen LogP contribution is 2.32. The number of piperidine rings is 1. The van der Waals surface area contributed by atoms with Crippen molar-refractivity contribution in [2.24, 2.45) is 5.92 Å². The van der Waals surface area contributed by atoms with Crippen LogP contribution in [0.15, 0.2) is 42.6 Å². The van der Waals surface area contributed by atoms with E-state index in [0.717, 1.165) is 24.1 Å². The summed E-state index contributed by atoms with van der Waals surface area (Å²) in [7, 11) is 0. The number of ketones is 1. The quantitative estimate of drug-likeness (QED) is 0.622. The highest BCUT2D eigenvalue weighted by Gasteiger charge is 2.21. The number of benzene rings is 2. The predicted molar refractivity (Wildman–Crippen MR) is 115 cm³/mol. The van der Waals surface area contributed by atoms with Crippen molar-refractivity contribution in [3.05, 3.63) is 59.3 Å². The first-order chi connectivity index (χ1) is 13.0. The lowest BCUT2D eigenvalue weighted by molar-refractivity contribution is -0.124. The molecule has 2 aliphatic rings. The molecule has 1 aliphatic carbocycles. The van der Waals surface area contributed by atoms with Crippen molar-refractivity contribution in [1.82, 2.24) is 5.32 Å². The monoisotopic (exact) mass is 367 g/mol. The van der Waals surface area contributed by atoms with Gasteiger partial charge in [0.05, 0.1) is 0 Å². The minimum Gasteiger partial charge on any atom is -0.330 e. The molecule has 1 saturated heterocycles. The molecule has 1 amide bonds. The second kappa shape index (κ2) is 10.7. The summed E-state index contributed by atoms with van der Waals surface area (Å²) in [6.45, 7) is 15.7. The second-order valence-corrected chi connectivity index (χ2v) is 6.40. The molecule has 1 fully saturated rings. The fourth-order valence-electron chi connectivity index (χ4n) is 3.16. The van der Waals surface area contributed by atoms with E-state index >= 15 is 0 Å². The number of aryl methyl sites for hydroxylation is 1. The average molecular weight is 368 g/mol. The summed E-state index contributed by atoms with van der Waals surface area (Å²) in [6.07, 6.45) is 2.47. The number of rotatable bonds is 0. The van der Waals surface area contributed by atoms with Gasteiger partial charge in [-0.15, -0.1) is 0 Å². The van der Waals surface area contributed by atoms with E-state index in [2.05, 4.69) is 37.0 Å². The van der Waals surface area contributed by atoms with E-state index in [1.807, 2.05) is 46.8 Å². The molecule has 1 unspecified atom stereocenters. The van der Waals surface area contributed by atoms with Gasteiger partial charge < -0.3 is 5.32 Å². The number of allylic oxidation sites excluding steroid dienone is 1. The van der Waals surface area contributed by atoms with Crippen LogP contribution in [-0.2, 0) is 11.2 Å². The Labute approximate surface area is 163 Å². The molecule has 3 heteroatoms. The van der Waals surface area contributed by atoms with Crippen molar-refractivity contribution in [1.29, 1.82) is 0 Å². The van der Waals surface area contributed by atoms with Crippen LogP contribution in [0.25, 0.3) is 10.8 Å². The minimum absolute atomic E-state index is 0.117. The van der Waals surface area contributed by atoms with Crippen LogP contribution < -0.4 is 5.32 Å². The van der Waals surface area contributed by atoms with E-state index < -0.39 is 0 Å². The van der Waals surface area contributed by atoms with Gasteiger partial charge in [0.1, 0.15) is 0 Å². The maximum Gasteiger partial charge on any atom is 0.226 e. The molecule has 0 radical (unpaired) electrons. The molecule has 27 heavy (non-hydrogen) atoms. The van der Waals surface area contributed by atoms with Crippen molar-refractivity contribution in [2.75, 3.05) is 0 Å². The molecule has 0 saturated carbocycles. The lowest BCUT2D eigenvalue weighted by Crippen LogP contribution is -2.32. The zero-order chi connectivity index (χ0) is 20.6. The average Bonchev–Trinajstić information content (AvgIpc) is 3.03. The third-order valence-corrected chi connectivity index (χ3v) is 4.62. The summed E-state index contributed by atoms with van der Waals surface area (Å²) in [4.78, 5) is 22.5. The molecule has 146 valence electrons. The Kier molecular flexibility index (Phi) is 8.93. The van der Waals surface area contributed by atoms with E-state index in [0.29, 0.717) is 6.42 Å². The first-order valence-electron chi connectivity index (χ1n) is 10.0. The van der Waals surface area contributed by atoms with E-state index in [1.54, 1.807) is 0 Å². The second-order valence-electron chi connectivity index (χ2n) is 6.40. The zero-order valence-corrected chi connectivity index (χ0v) is 17.6. The van der Waals surface area contributed by atoms with Gasteiger partial charge >= 0.3 is 0 Å². The first-order valence-corrected chi connectivity index (χ1v) is 10.0.